The van der Waals surface area contributed by atoms with E-state index in [9.17, 15) is 18.3 Å². The zero-order valence-electron chi connectivity index (χ0n) is 17.7. The summed E-state index contributed by atoms with van der Waals surface area (Å²) in [5, 5.41) is 9.65. The van der Waals surface area contributed by atoms with Gasteiger partial charge in [0.1, 0.15) is 5.69 Å². The number of aryl methyl sites for hydroxylation is 3. The molecule has 7 nitrogen and oxygen atoms in total. The highest BCUT2D eigenvalue weighted by Crippen LogP contribution is 2.36. The van der Waals surface area contributed by atoms with Gasteiger partial charge in [-0.1, -0.05) is 17.7 Å². The third kappa shape index (κ3) is 3.51. The van der Waals surface area contributed by atoms with Crippen LogP contribution in [0.1, 0.15) is 54.9 Å². The van der Waals surface area contributed by atoms with E-state index in [2.05, 4.69) is 0 Å². The topological polar surface area (TPSA) is 94.8 Å². The lowest BCUT2D eigenvalue weighted by Gasteiger charge is -2.32. The molecule has 1 aromatic carbocycles. The fourth-order valence-corrected chi connectivity index (χ4v) is 5.38. The van der Waals surface area contributed by atoms with Gasteiger partial charge in [0.05, 0.1) is 16.1 Å². The van der Waals surface area contributed by atoms with Crippen molar-refractivity contribution in [3.8, 4) is 0 Å². The van der Waals surface area contributed by atoms with E-state index < -0.39 is 34.3 Å². The SMILES string of the molecule is Cc1cc(C)c(S(=O)(=O)n2cc(B3OC(C)(C)C(C)(C)O3)cc2C(=O)O)c(C)c1. The van der Waals surface area contributed by atoms with Gasteiger partial charge < -0.3 is 14.4 Å². The smallest absolute Gasteiger partial charge is 0.477 e. The normalized spacial score (nSPS) is 18.2. The summed E-state index contributed by atoms with van der Waals surface area (Å²) in [5.74, 6) is -1.35. The number of benzene rings is 1. The van der Waals surface area contributed by atoms with E-state index >= 15 is 0 Å². The van der Waals surface area contributed by atoms with Crippen LogP contribution in [-0.4, -0.2) is 41.8 Å². The molecule has 3 rings (SSSR count). The Morgan fingerprint density at radius 1 is 1.00 bits per heavy atom. The van der Waals surface area contributed by atoms with E-state index in [1.165, 1.54) is 12.3 Å². The van der Waals surface area contributed by atoms with E-state index in [0.29, 0.717) is 16.6 Å². The van der Waals surface area contributed by atoms with Crippen molar-refractivity contribution >= 4 is 28.6 Å². The van der Waals surface area contributed by atoms with Gasteiger partial charge in [-0.15, -0.1) is 0 Å². The quantitative estimate of drug-likeness (QED) is 0.766. The van der Waals surface area contributed by atoms with Crippen LogP contribution in [0.25, 0.3) is 0 Å². The van der Waals surface area contributed by atoms with Gasteiger partial charge >= 0.3 is 13.1 Å². The standard InChI is InChI=1S/C20H26BNO6S/c1-12-8-13(2)17(14(3)9-12)29(25,26)22-11-15(10-16(22)18(23)24)21-27-19(4,5)20(6,7)28-21/h8-11H,1-7H3,(H,23,24). The number of aromatic nitrogens is 1. The molecule has 0 amide bonds. The van der Waals surface area contributed by atoms with Crippen molar-refractivity contribution in [1.82, 2.24) is 3.97 Å². The highest BCUT2D eigenvalue weighted by atomic mass is 32.2. The molecule has 2 heterocycles. The Morgan fingerprint density at radius 2 is 1.48 bits per heavy atom. The molecule has 1 aromatic heterocycles. The summed E-state index contributed by atoms with van der Waals surface area (Å²) < 4.78 is 39.5. The van der Waals surface area contributed by atoms with E-state index in [-0.39, 0.29) is 10.6 Å². The number of carbonyl (C=O) groups is 1. The van der Waals surface area contributed by atoms with Crippen LogP contribution in [0.3, 0.4) is 0 Å². The maximum Gasteiger partial charge on any atom is 0.496 e. The molecule has 1 saturated heterocycles. The van der Waals surface area contributed by atoms with Gasteiger partial charge in [-0.2, -0.15) is 0 Å². The first-order valence-corrected chi connectivity index (χ1v) is 10.8. The van der Waals surface area contributed by atoms with Crippen molar-refractivity contribution in [1.29, 1.82) is 0 Å². The number of hydrogen-bond donors (Lipinski definition) is 1. The molecule has 1 N–H and O–H groups in total. The van der Waals surface area contributed by atoms with Crippen LogP contribution in [0.5, 0.6) is 0 Å². The summed E-state index contributed by atoms with van der Waals surface area (Å²) in [7, 11) is -5.00. The number of hydrogen-bond acceptors (Lipinski definition) is 5. The lowest BCUT2D eigenvalue weighted by molar-refractivity contribution is 0.00578. The minimum Gasteiger partial charge on any atom is -0.477 e. The zero-order valence-corrected chi connectivity index (χ0v) is 18.5. The fourth-order valence-electron chi connectivity index (χ4n) is 3.60. The van der Waals surface area contributed by atoms with Gasteiger partial charge in [0.2, 0.25) is 0 Å². The molecule has 0 saturated carbocycles. The monoisotopic (exact) mass is 419 g/mol. The van der Waals surface area contributed by atoms with Crippen molar-refractivity contribution in [2.75, 3.05) is 0 Å². The van der Waals surface area contributed by atoms with E-state index in [4.69, 9.17) is 9.31 Å². The van der Waals surface area contributed by atoms with Crippen LogP contribution in [0.15, 0.2) is 29.3 Å². The van der Waals surface area contributed by atoms with Crippen molar-refractivity contribution in [2.24, 2.45) is 0 Å². The molecule has 0 atom stereocenters. The van der Waals surface area contributed by atoms with Gasteiger partial charge in [0.25, 0.3) is 10.0 Å². The minimum atomic E-state index is -4.13. The summed E-state index contributed by atoms with van der Waals surface area (Å²) in [6.07, 6.45) is 1.28. The number of carboxylic acid groups (broad SMARTS) is 1. The Kier molecular flexibility index (Phi) is 5.01. The van der Waals surface area contributed by atoms with Gasteiger partial charge in [0, 0.05) is 11.7 Å². The highest BCUT2D eigenvalue weighted by Gasteiger charge is 2.52. The van der Waals surface area contributed by atoms with Gasteiger partial charge in [0.15, 0.2) is 0 Å². The summed E-state index contributed by atoms with van der Waals surface area (Å²) in [4.78, 5) is 11.9. The third-order valence-corrected chi connectivity index (χ3v) is 7.65. The summed E-state index contributed by atoms with van der Waals surface area (Å²) >= 11 is 0. The Bertz CT molecular complexity index is 1060. The largest absolute Gasteiger partial charge is 0.496 e. The van der Waals surface area contributed by atoms with Crippen molar-refractivity contribution < 1.29 is 27.6 Å². The van der Waals surface area contributed by atoms with E-state index in [1.54, 1.807) is 26.0 Å². The van der Waals surface area contributed by atoms with Gasteiger partial charge in [-0.05, 0) is 65.7 Å². The van der Waals surface area contributed by atoms with Crippen LogP contribution in [0.4, 0.5) is 0 Å². The zero-order chi connectivity index (χ0) is 21.9. The average Bonchev–Trinajstić information content (AvgIpc) is 3.06. The number of carboxylic acids is 1. The number of aromatic carboxylic acids is 1. The molecule has 0 bridgehead atoms. The van der Waals surface area contributed by atoms with Crippen LogP contribution in [-0.2, 0) is 19.3 Å². The maximum atomic E-state index is 13.4. The van der Waals surface area contributed by atoms with Gasteiger partial charge in [-0.25, -0.2) is 17.2 Å². The Labute approximate surface area is 171 Å². The molecule has 9 heteroatoms. The Morgan fingerprint density at radius 3 is 1.93 bits per heavy atom. The molecule has 0 radical (unpaired) electrons. The Hall–Kier alpha value is -2.10. The molecule has 0 unspecified atom stereocenters. The number of rotatable bonds is 4. The number of nitrogens with zero attached hydrogens (tertiary/aromatic N) is 1. The molecule has 0 spiro atoms. The molecule has 156 valence electrons. The highest BCUT2D eigenvalue weighted by molar-refractivity contribution is 7.90. The predicted molar refractivity (Wildman–Crippen MR) is 110 cm³/mol. The van der Waals surface area contributed by atoms with Crippen molar-refractivity contribution in [3.63, 3.8) is 0 Å². The first kappa shape index (κ1) is 21.6. The Balaban J connectivity index is 2.15. The second-order valence-corrected chi connectivity index (χ2v) is 10.3. The second-order valence-electron chi connectivity index (χ2n) is 8.58. The van der Waals surface area contributed by atoms with E-state index in [1.807, 2.05) is 34.6 Å². The molecular weight excluding hydrogens is 393 g/mol. The molecule has 1 fully saturated rings. The molecule has 1 aliphatic heterocycles. The van der Waals surface area contributed by atoms with Crippen molar-refractivity contribution in [2.45, 2.75) is 64.6 Å². The predicted octanol–water partition coefficient (Wildman–Crippen LogP) is 2.65. The molecular formula is C20H26BNO6S. The maximum absolute atomic E-state index is 13.4. The lowest BCUT2D eigenvalue weighted by Crippen LogP contribution is -2.41. The van der Waals surface area contributed by atoms with Crippen LogP contribution < -0.4 is 5.46 Å². The van der Waals surface area contributed by atoms with Crippen LogP contribution in [0.2, 0.25) is 0 Å². The van der Waals surface area contributed by atoms with Gasteiger partial charge in [-0.3, -0.25) is 0 Å². The van der Waals surface area contributed by atoms with E-state index in [0.717, 1.165) is 9.54 Å². The molecule has 29 heavy (non-hydrogen) atoms. The van der Waals surface area contributed by atoms with Crippen molar-refractivity contribution in [3.05, 3.63) is 46.8 Å². The molecule has 1 aliphatic rings. The molecule has 0 aliphatic carbocycles. The van der Waals surface area contributed by atoms with Crippen LogP contribution >= 0.6 is 0 Å². The lowest BCUT2D eigenvalue weighted by atomic mass is 9.81. The molecule has 2 aromatic rings. The summed E-state index contributed by atoms with van der Waals surface area (Å²) in [6, 6.07) is 4.82. The minimum absolute atomic E-state index is 0.0988. The second kappa shape index (κ2) is 6.72. The summed E-state index contributed by atoms with van der Waals surface area (Å²) in [6.45, 7) is 12.8. The fraction of sp³-hybridized carbons (Fsp3) is 0.450. The first-order chi connectivity index (χ1) is 13.2. The average molecular weight is 419 g/mol. The van der Waals surface area contributed by atoms with Crippen LogP contribution in [0, 0.1) is 20.8 Å². The summed E-state index contributed by atoms with van der Waals surface area (Å²) in [5.41, 5.74) is 0.761. The first-order valence-electron chi connectivity index (χ1n) is 9.32. The third-order valence-electron chi connectivity index (χ3n) is 5.67.